The molecule has 0 bridgehead atoms. The van der Waals surface area contributed by atoms with Gasteiger partial charge in [0.1, 0.15) is 5.15 Å². The highest BCUT2D eigenvalue weighted by molar-refractivity contribution is 7.90. The highest BCUT2D eigenvalue weighted by Gasteiger charge is 2.20. The molecule has 0 saturated heterocycles. The maximum absolute atomic E-state index is 12.2. The van der Waals surface area contributed by atoms with Crippen molar-refractivity contribution < 1.29 is 8.42 Å². The van der Waals surface area contributed by atoms with Crippen LogP contribution in [0.1, 0.15) is 5.69 Å². The van der Waals surface area contributed by atoms with Crippen molar-refractivity contribution in [3.8, 4) is 0 Å². The van der Waals surface area contributed by atoms with Gasteiger partial charge < -0.3 is 0 Å². The van der Waals surface area contributed by atoms with Crippen LogP contribution in [0.5, 0.6) is 0 Å². The van der Waals surface area contributed by atoms with Crippen LogP contribution in [0.25, 0.3) is 0 Å². The van der Waals surface area contributed by atoms with E-state index in [4.69, 9.17) is 11.6 Å². The quantitative estimate of drug-likeness (QED) is 0.828. The Labute approximate surface area is 99.3 Å². The maximum Gasteiger partial charge on any atom is 0.269 e. The second-order valence-corrected chi connectivity index (χ2v) is 5.55. The standard InChI is InChI=1S/C11H10ClNO2S/c1-9-7-8-11(12)13(9)16(14,15)10-5-3-2-4-6-10/h2-8H,1H3. The Hall–Kier alpha value is -1.26. The van der Waals surface area contributed by atoms with E-state index >= 15 is 0 Å². The number of nitrogens with zero attached hydrogens (tertiary/aromatic N) is 1. The predicted octanol–water partition coefficient (Wildman–Crippen LogP) is 2.69. The van der Waals surface area contributed by atoms with E-state index in [1.807, 2.05) is 0 Å². The molecular formula is C11H10ClNO2S. The van der Waals surface area contributed by atoms with E-state index < -0.39 is 10.0 Å². The molecule has 0 N–H and O–H groups in total. The van der Waals surface area contributed by atoms with Crippen LogP contribution in [-0.4, -0.2) is 12.4 Å². The number of benzene rings is 1. The zero-order valence-electron chi connectivity index (χ0n) is 8.59. The molecule has 0 amide bonds. The Balaban J connectivity index is 2.66. The van der Waals surface area contributed by atoms with Crippen molar-refractivity contribution in [3.05, 3.63) is 53.3 Å². The SMILES string of the molecule is Cc1ccc(Cl)n1S(=O)(=O)c1ccccc1. The third-order valence-electron chi connectivity index (χ3n) is 2.26. The van der Waals surface area contributed by atoms with Crippen molar-refractivity contribution in [1.82, 2.24) is 3.97 Å². The Morgan fingerprint density at radius 1 is 1.06 bits per heavy atom. The summed E-state index contributed by atoms with van der Waals surface area (Å²) in [5, 5.41) is 0.196. The Morgan fingerprint density at radius 2 is 1.69 bits per heavy atom. The number of hydrogen-bond acceptors (Lipinski definition) is 2. The van der Waals surface area contributed by atoms with Gasteiger partial charge in [0.15, 0.2) is 0 Å². The van der Waals surface area contributed by atoms with E-state index in [1.54, 1.807) is 49.4 Å². The largest absolute Gasteiger partial charge is 0.269 e. The third kappa shape index (κ3) is 1.74. The average Bonchev–Trinajstić information content (AvgIpc) is 2.60. The van der Waals surface area contributed by atoms with Crippen LogP contribution in [0.15, 0.2) is 47.4 Å². The fourth-order valence-corrected chi connectivity index (χ4v) is 3.41. The molecule has 0 atom stereocenters. The molecule has 1 aromatic heterocycles. The van der Waals surface area contributed by atoms with Crippen LogP contribution in [0.3, 0.4) is 0 Å². The summed E-state index contributed by atoms with van der Waals surface area (Å²) in [4.78, 5) is 0.233. The molecule has 0 aliphatic heterocycles. The number of rotatable bonds is 2. The third-order valence-corrected chi connectivity index (χ3v) is 4.49. The molecule has 16 heavy (non-hydrogen) atoms. The normalized spacial score (nSPS) is 11.6. The minimum atomic E-state index is -3.57. The van der Waals surface area contributed by atoms with E-state index in [0.717, 1.165) is 3.97 Å². The lowest BCUT2D eigenvalue weighted by Crippen LogP contribution is -2.14. The van der Waals surface area contributed by atoms with Gasteiger partial charge in [0, 0.05) is 5.69 Å². The molecular weight excluding hydrogens is 246 g/mol. The first-order valence-electron chi connectivity index (χ1n) is 4.68. The fourth-order valence-electron chi connectivity index (χ4n) is 1.50. The molecule has 2 rings (SSSR count). The molecule has 0 radical (unpaired) electrons. The first kappa shape index (κ1) is 11.2. The van der Waals surface area contributed by atoms with Crippen LogP contribution < -0.4 is 0 Å². The summed E-state index contributed by atoms with van der Waals surface area (Å²) in [5.74, 6) is 0. The summed E-state index contributed by atoms with van der Waals surface area (Å²) in [6, 6.07) is 11.5. The smallest absolute Gasteiger partial charge is 0.228 e. The number of halogens is 1. The Kier molecular flexibility index (Phi) is 2.78. The second kappa shape index (κ2) is 3.96. The second-order valence-electron chi connectivity index (χ2n) is 3.38. The van der Waals surface area contributed by atoms with Gasteiger partial charge in [-0.1, -0.05) is 29.8 Å². The molecule has 0 aliphatic rings. The number of hydrogen-bond donors (Lipinski definition) is 0. The summed E-state index contributed by atoms with van der Waals surface area (Å²) in [6.45, 7) is 1.70. The minimum Gasteiger partial charge on any atom is -0.228 e. The lowest BCUT2D eigenvalue weighted by Gasteiger charge is -2.09. The first-order valence-corrected chi connectivity index (χ1v) is 6.50. The lowest BCUT2D eigenvalue weighted by molar-refractivity contribution is 0.586. The average molecular weight is 256 g/mol. The molecule has 0 spiro atoms. The highest BCUT2D eigenvalue weighted by atomic mass is 35.5. The van der Waals surface area contributed by atoms with Crippen molar-refractivity contribution in [2.24, 2.45) is 0 Å². The fraction of sp³-hybridized carbons (Fsp3) is 0.0909. The number of aryl methyl sites for hydroxylation is 1. The van der Waals surface area contributed by atoms with E-state index in [1.165, 1.54) is 0 Å². The monoisotopic (exact) mass is 255 g/mol. The van der Waals surface area contributed by atoms with Crippen LogP contribution in [0.4, 0.5) is 0 Å². The first-order chi connectivity index (χ1) is 7.53. The summed E-state index contributed by atoms with van der Waals surface area (Å²) in [5.41, 5.74) is 0.592. The van der Waals surface area contributed by atoms with Crippen molar-refractivity contribution >= 4 is 21.6 Å². The lowest BCUT2D eigenvalue weighted by atomic mass is 10.4. The zero-order chi connectivity index (χ0) is 11.8. The van der Waals surface area contributed by atoms with Crippen LogP contribution in [0.2, 0.25) is 5.15 Å². The molecule has 1 aromatic carbocycles. The summed E-state index contributed by atoms with van der Waals surface area (Å²) < 4.78 is 25.6. The molecule has 84 valence electrons. The molecule has 5 heteroatoms. The Bertz CT molecular complexity index is 583. The van der Waals surface area contributed by atoms with Crippen LogP contribution >= 0.6 is 11.6 Å². The Morgan fingerprint density at radius 3 is 2.19 bits per heavy atom. The van der Waals surface area contributed by atoms with Crippen molar-refractivity contribution in [2.75, 3.05) is 0 Å². The molecule has 0 saturated carbocycles. The summed E-state index contributed by atoms with van der Waals surface area (Å²) >= 11 is 5.86. The van der Waals surface area contributed by atoms with Gasteiger partial charge in [0.05, 0.1) is 4.90 Å². The maximum atomic E-state index is 12.2. The van der Waals surface area contributed by atoms with Gasteiger partial charge in [-0.3, -0.25) is 0 Å². The molecule has 0 aliphatic carbocycles. The zero-order valence-corrected chi connectivity index (χ0v) is 10.2. The van der Waals surface area contributed by atoms with E-state index in [9.17, 15) is 8.42 Å². The van der Waals surface area contributed by atoms with Crippen LogP contribution in [0, 0.1) is 6.92 Å². The van der Waals surface area contributed by atoms with Gasteiger partial charge in [0.25, 0.3) is 10.0 Å². The molecule has 3 nitrogen and oxygen atoms in total. The minimum absolute atomic E-state index is 0.196. The topological polar surface area (TPSA) is 39.1 Å². The van der Waals surface area contributed by atoms with Crippen LogP contribution in [-0.2, 0) is 10.0 Å². The van der Waals surface area contributed by atoms with Gasteiger partial charge in [-0.05, 0) is 31.2 Å². The summed E-state index contributed by atoms with van der Waals surface area (Å²) in [6.07, 6.45) is 0. The summed E-state index contributed by atoms with van der Waals surface area (Å²) in [7, 11) is -3.57. The molecule has 0 unspecified atom stereocenters. The highest BCUT2D eigenvalue weighted by Crippen LogP contribution is 2.22. The van der Waals surface area contributed by atoms with Gasteiger partial charge >= 0.3 is 0 Å². The van der Waals surface area contributed by atoms with Crippen molar-refractivity contribution in [1.29, 1.82) is 0 Å². The molecule has 0 fully saturated rings. The molecule has 1 heterocycles. The van der Waals surface area contributed by atoms with Crippen molar-refractivity contribution in [2.45, 2.75) is 11.8 Å². The molecule has 2 aromatic rings. The van der Waals surface area contributed by atoms with Crippen molar-refractivity contribution in [3.63, 3.8) is 0 Å². The van der Waals surface area contributed by atoms with E-state index in [0.29, 0.717) is 5.69 Å². The van der Waals surface area contributed by atoms with Gasteiger partial charge in [-0.2, -0.15) is 0 Å². The predicted molar refractivity (Wildman–Crippen MR) is 63.2 cm³/mol. The van der Waals surface area contributed by atoms with Gasteiger partial charge in [-0.15, -0.1) is 0 Å². The van der Waals surface area contributed by atoms with Gasteiger partial charge in [0.2, 0.25) is 0 Å². The van der Waals surface area contributed by atoms with E-state index in [-0.39, 0.29) is 10.0 Å². The van der Waals surface area contributed by atoms with E-state index in [2.05, 4.69) is 0 Å². The number of aromatic nitrogens is 1. The van der Waals surface area contributed by atoms with Gasteiger partial charge in [-0.25, -0.2) is 12.4 Å².